The zero-order chi connectivity index (χ0) is 22.1. The summed E-state index contributed by atoms with van der Waals surface area (Å²) in [5.74, 6) is -0.877. The second kappa shape index (κ2) is 8.12. The summed E-state index contributed by atoms with van der Waals surface area (Å²) in [5, 5.41) is 6.46. The van der Waals surface area contributed by atoms with E-state index in [4.69, 9.17) is 4.74 Å². The van der Waals surface area contributed by atoms with E-state index in [0.29, 0.717) is 11.1 Å². The molecule has 5 nitrogen and oxygen atoms in total. The van der Waals surface area contributed by atoms with Crippen LogP contribution in [0.4, 0.5) is 0 Å². The molecule has 0 radical (unpaired) electrons. The zero-order valence-electron chi connectivity index (χ0n) is 17.5. The molecule has 156 valence electrons. The average Bonchev–Trinajstić information content (AvgIpc) is 3.25. The van der Waals surface area contributed by atoms with Crippen molar-refractivity contribution < 1.29 is 14.3 Å². The van der Waals surface area contributed by atoms with Crippen molar-refractivity contribution in [1.29, 1.82) is 0 Å². The van der Waals surface area contributed by atoms with E-state index >= 15 is 0 Å². The summed E-state index contributed by atoms with van der Waals surface area (Å²) in [7, 11) is 0. The third kappa shape index (κ3) is 3.24. The van der Waals surface area contributed by atoms with Crippen LogP contribution in [0.15, 0.2) is 91.0 Å². The predicted octanol–water partition coefficient (Wildman–Crippen LogP) is 5.56. The van der Waals surface area contributed by atoms with Gasteiger partial charge in [-0.05, 0) is 18.4 Å². The molecule has 0 saturated heterocycles. The Morgan fingerprint density at radius 1 is 0.875 bits per heavy atom. The molecule has 0 spiro atoms. The molecule has 3 aromatic carbocycles. The van der Waals surface area contributed by atoms with Gasteiger partial charge in [0.2, 0.25) is 5.78 Å². The summed E-state index contributed by atoms with van der Waals surface area (Å²) in [6, 6.07) is 28.5. The van der Waals surface area contributed by atoms with E-state index in [2.05, 4.69) is 5.10 Å². The minimum absolute atomic E-state index is 0.0863. The van der Waals surface area contributed by atoms with E-state index in [1.54, 1.807) is 35.7 Å². The van der Waals surface area contributed by atoms with Crippen LogP contribution in [0.3, 0.4) is 0 Å². The molecular formula is C27H20N2O3. The molecule has 0 aliphatic carbocycles. The zero-order valence-corrected chi connectivity index (χ0v) is 17.5. The first-order chi connectivity index (χ1) is 15.7. The maximum absolute atomic E-state index is 13.4. The van der Waals surface area contributed by atoms with E-state index in [1.807, 2.05) is 66.7 Å². The molecule has 5 rings (SSSR count). The largest absolute Gasteiger partial charge is 0.462 e. The fourth-order valence-corrected chi connectivity index (χ4v) is 3.98. The predicted molar refractivity (Wildman–Crippen MR) is 124 cm³/mol. The fraction of sp³-hybridized carbons (Fsp3) is 0.0741. The van der Waals surface area contributed by atoms with Gasteiger partial charge in [-0.25, -0.2) is 9.31 Å². The molecule has 0 atom stereocenters. The number of benzene rings is 3. The third-order valence-corrected chi connectivity index (χ3v) is 5.42. The lowest BCUT2D eigenvalue weighted by atomic mass is 10.0. The number of pyridine rings is 1. The molecule has 0 amide bonds. The van der Waals surface area contributed by atoms with Gasteiger partial charge in [0.05, 0.1) is 17.8 Å². The molecule has 0 aliphatic heterocycles. The van der Waals surface area contributed by atoms with Crippen LogP contribution in [-0.4, -0.2) is 28.0 Å². The van der Waals surface area contributed by atoms with E-state index in [0.717, 1.165) is 22.0 Å². The third-order valence-electron chi connectivity index (χ3n) is 5.42. The van der Waals surface area contributed by atoms with E-state index in [-0.39, 0.29) is 23.6 Å². The molecule has 2 aromatic heterocycles. The van der Waals surface area contributed by atoms with Gasteiger partial charge in [-0.1, -0.05) is 84.9 Å². The van der Waals surface area contributed by atoms with Gasteiger partial charge in [-0.3, -0.25) is 4.79 Å². The number of hydrogen-bond donors (Lipinski definition) is 0. The van der Waals surface area contributed by atoms with Gasteiger partial charge in [0, 0.05) is 16.5 Å². The second-order valence-electron chi connectivity index (χ2n) is 7.38. The molecule has 32 heavy (non-hydrogen) atoms. The monoisotopic (exact) mass is 420 g/mol. The Balaban J connectivity index is 1.90. The summed E-state index contributed by atoms with van der Waals surface area (Å²) in [6.45, 7) is 1.95. The molecule has 0 fully saturated rings. The number of carbonyl (C=O) groups is 2. The lowest BCUT2D eigenvalue weighted by Gasteiger charge is -2.10. The lowest BCUT2D eigenvalue weighted by Crippen LogP contribution is -2.12. The number of aromatic nitrogens is 2. The van der Waals surface area contributed by atoms with Crippen LogP contribution in [0.5, 0.6) is 0 Å². The van der Waals surface area contributed by atoms with Gasteiger partial charge in [0.1, 0.15) is 11.3 Å². The van der Waals surface area contributed by atoms with Crippen LogP contribution in [0, 0.1) is 0 Å². The molecule has 0 saturated carbocycles. The molecule has 0 N–H and O–H groups in total. The number of ether oxygens (including phenoxy) is 1. The van der Waals surface area contributed by atoms with E-state index < -0.39 is 5.97 Å². The quantitative estimate of drug-likeness (QED) is 0.276. The Kier molecular flexibility index (Phi) is 5.00. The van der Waals surface area contributed by atoms with Crippen LogP contribution >= 0.6 is 0 Å². The number of fused-ring (bicyclic) bond motifs is 3. The molecule has 5 aromatic rings. The van der Waals surface area contributed by atoms with Crippen molar-refractivity contribution in [3.63, 3.8) is 0 Å². The normalized spacial score (nSPS) is 11.0. The number of rotatable bonds is 5. The highest BCUT2D eigenvalue weighted by Gasteiger charge is 2.29. The van der Waals surface area contributed by atoms with E-state index in [9.17, 15) is 9.59 Å². The Morgan fingerprint density at radius 3 is 2.25 bits per heavy atom. The maximum Gasteiger partial charge on any atom is 0.342 e. The summed E-state index contributed by atoms with van der Waals surface area (Å²) >= 11 is 0. The average molecular weight is 420 g/mol. The van der Waals surface area contributed by atoms with Crippen molar-refractivity contribution in [2.24, 2.45) is 0 Å². The van der Waals surface area contributed by atoms with E-state index in [1.165, 1.54) is 0 Å². The maximum atomic E-state index is 13.4. The van der Waals surface area contributed by atoms with Crippen LogP contribution in [-0.2, 0) is 4.74 Å². The number of nitrogens with zero attached hydrogens (tertiary/aromatic N) is 2. The number of carbonyl (C=O) groups excluding carboxylic acids is 2. The molecule has 0 unspecified atom stereocenters. The first-order valence-electron chi connectivity index (χ1n) is 10.5. The van der Waals surface area contributed by atoms with Gasteiger partial charge in [0.15, 0.2) is 0 Å². The SMILES string of the molecule is CCOC(=O)c1c(C(=O)c2ccccc2)nn2c(-c3ccccc3)cc3ccccc3c12. The van der Waals surface area contributed by atoms with Crippen molar-refractivity contribution in [2.45, 2.75) is 6.92 Å². The Hall–Kier alpha value is -4.25. The highest BCUT2D eigenvalue weighted by molar-refractivity contribution is 6.19. The minimum Gasteiger partial charge on any atom is -0.462 e. The van der Waals surface area contributed by atoms with Crippen LogP contribution in [0.25, 0.3) is 27.5 Å². The van der Waals surface area contributed by atoms with Gasteiger partial charge in [0.25, 0.3) is 0 Å². The first-order valence-corrected chi connectivity index (χ1v) is 10.5. The second-order valence-corrected chi connectivity index (χ2v) is 7.38. The van der Waals surface area contributed by atoms with Crippen molar-refractivity contribution in [1.82, 2.24) is 9.61 Å². The highest BCUT2D eigenvalue weighted by Crippen LogP contribution is 2.32. The van der Waals surface area contributed by atoms with Crippen molar-refractivity contribution in [2.75, 3.05) is 6.61 Å². The summed E-state index contributed by atoms with van der Waals surface area (Å²) < 4.78 is 7.07. The molecular weight excluding hydrogens is 400 g/mol. The van der Waals surface area contributed by atoms with Crippen LogP contribution < -0.4 is 0 Å². The van der Waals surface area contributed by atoms with Gasteiger partial charge < -0.3 is 4.74 Å². The minimum atomic E-state index is -0.558. The lowest BCUT2D eigenvalue weighted by molar-refractivity contribution is 0.0526. The number of ketones is 1. The smallest absolute Gasteiger partial charge is 0.342 e. The molecule has 0 bridgehead atoms. The van der Waals surface area contributed by atoms with Gasteiger partial charge in [-0.15, -0.1) is 0 Å². The van der Waals surface area contributed by atoms with Crippen LogP contribution in [0.2, 0.25) is 0 Å². The topological polar surface area (TPSA) is 60.7 Å². The van der Waals surface area contributed by atoms with Gasteiger partial charge in [-0.2, -0.15) is 5.10 Å². The van der Waals surface area contributed by atoms with Crippen molar-refractivity contribution >= 4 is 28.0 Å². The number of hydrogen-bond acceptors (Lipinski definition) is 4. The van der Waals surface area contributed by atoms with Crippen LogP contribution in [0.1, 0.15) is 33.3 Å². The standard InChI is InChI=1S/C27H20N2O3/c1-2-32-27(31)23-24(26(30)19-13-7-4-8-14-19)28-29-22(18-11-5-3-6-12-18)17-20-15-9-10-16-21(20)25(23)29/h3-17H,2H2,1H3. The van der Waals surface area contributed by atoms with Crippen molar-refractivity contribution in [3.8, 4) is 11.3 Å². The Morgan fingerprint density at radius 2 is 1.53 bits per heavy atom. The highest BCUT2D eigenvalue weighted by atomic mass is 16.5. The van der Waals surface area contributed by atoms with Gasteiger partial charge >= 0.3 is 5.97 Å². The Labute approximate surface area is 184 Å². The summed E-state index contributed by atoms with van der Waals surface area (Å²) in [6.07, 6.45) is 0. The Bertz CT molecular complexity index is 1450. The summed E-state index contributed by atoms with van der Waals surface area (Å²) in [5.41, 5.74) is 3.03. The number of esters is 1. The molecule has 2 heterocycles. The summed E-state index contributed by atoms with van der Waals surface area (Å²) in [4.78, 5) is 26.6. The fourth-order valence-electron chi connectivity index (χ4n) is 3.98. The first kappa shape index (κ1) is 19.7. The molecule has 0 aliphatic rings. The van der Waals surface area contributed by atoms with Crippen molar-refractivity contribution in [3.05, 3.63) is 108 Å². The molecule has 5 heteroatoms.